The van der Waals surface area contributed by atoms with Gasteiger partial charge in [-0.1, -0.05) is 18.2 Å². The predicted molar refractivity (Wildman–Crippen MR) is 57.4 cm³/mol. The van der Waals surface area contributed by atoms with Gasteiger partial charge >= 0.3 is 0 Å². The van der Waals surface area contributed by atoms with E-state index in [0.717, 1.165) is 16.7 Å². The Balaban J connectivity index is 3.16. The standard InChI is InChI=1S/C10H15NO2S/c1-7-4-5-10(6-8(7)2)9(3)14(11,12)13/h4-6,9H,1-3H3,(H2,11,12,13). The minimum Gasteiger partial charge on any atom is -0.228 e. The van der Waals surface area contributed by atoms with Crippen LogP contribution in [0.2, 0.25) is 0 Å². The van der Waals surface area contributed by atoms with Crippen molar-refractivity contribution in [3.05, 3.63) is 34.9 Å². The molecule has 1 atom stereocenters. The first-order chi connectivity index (χ1) is 6.32. The number of hydrogen-bond donors (Lipinski definition) is 1. The molecule has 0 fully saturated rings. The van der Waals surface area contributed by atoms with Gasteiger partial charge in [-0.05, 0) is 37.5 Å². The molecule has 0 amide bonds. The summed E-state index contributed by atoms with van der Waals surface area (Å²) in [7, 11) is -3.49. The topological polar surface area (TPSA) is 60.2 Å². The molecule has 1 rings (SSSR count). The lowest BCUT2D eigenvalue weighted by Crippen LogP contribution is -2.19. The molecule has 0 heterocycles. The van der Waals surface area contributed by atoms with E-state index in [-0.39, 0.29) is 0 Å². The monoisotopic (exact) mass is 213 g/mol. The fourth-order valence-corrected chi connectivity index (χ4v) is 1.73. The van der Waals surface area contributed by atoms with Crippen LogP contribution in [0, 0.1) is 13.8 Å². The van der Waals surface area contributed by atoms with Gasteiger partial charge in [0.2, 0.25) is 10.0 Å². The number of aryl methyl sites for hydroxylation is 2. The maximum Gasteiger partial charge on any atom is 0.215 e. The summed E-state index contributed by atoms with van der Waals surface area (Å²) in [5, 5.41) is 4.43. The highest BCUT2D eigenvalue weighted by atomic mass is 32.2. The summed E-state index contributed by atoms with van der Waals surface area (Å²) < 4.78 is 22.2. The Morgan fingerprint density at radius 2 is 1.79 bits per heavy atom. The number of benzene rings is 1. The Bertz CT molecular complexity index is 437. The summed E-state index contributed by atoms with van der Waals surface area (Å²) in [5.74, 6) is 0. The molecule has 0 spiro atoms. The van der Waals surface area contributed by atoms with Crippen molar-refractivity contribution in [1.82, 2.24) is 0 Å². The van der Waals surface area contributed by atoms with Gasteiger partial charge in [0.15, 0.2) is 0 Å². The van der Waals surface area contributed by atoms with E-state index in [2.05, 4.69) is 0 Å². The number of nitrogens with two attached hydrogens (primary N) is 1. The van der Waals surface area contributed by atoms with Crippen LogP contribution in [-0.4, -0.2) is 8.42 Å². The molecule has 0 aliphatic rings. The summed E-state index contributed by atoms with van der Waals surface area (Å²) in [4.78, 5) is 0. The quantitative estimate of drug-likeness (QED) is 0.812. The molecule has 0 saturated heterocycles. The van der Waals surface area contributed by atoms with Crippen molar-refractivity contribution < 1.29 is 8.42 Å². The van der Waals surface area contributed by atoms with E-state index in [1.807, 2.05) is 26.0 Å². The molecule has 0 aliphatic heterocycles. The van der Waals surface area contributed by atoms with E-state index in [1.165, 1.54) is 0 Å². The molecule has 1 aromatic carbocycles. The van der Waals surface area contributed by atoms with Crippen LogP contribution in [0.1, 0.15) is 28.9 Å². The van der Waals surface area contributed by atoms with Crippen LogP contribution >= 0.6 is 0 Å². The minimum absolute atomic E-state index is 0.637. The summed E-state index contributed by atoms with van der Waals surface area (Å²) in [6.45, 7) is 5.54. The Labute approximate surface area is 85.0 Å². The Morgan fingerprint density at radius 3 is 2.21 bits per heavy atom. The zero-order valence-electron chi connectivity index (χ0n) is 8.61. The smallest absolute Gasteiger partial charge is 0.215 e. The van der Waals surface area contributed by atoms with Crippen molar-refractivity contribution in [2.75, 3.05) is 0 Å². The molecular weight excluding hydrogens is 198 g/mol. The van der Waals surface area contributed by atoms with Gasteiger partial charge in [0, 0.05) is 0 Å². The molecule has 3 nitrogen and oxygen atoms in total. The van der Waals surface area contributed by atoms with Crippen LogP contribution in [0.3, 0.4) is 0 Å². The number of sulfonamides is 1. The van der Waals surface area contributed by atoms with Crippen molar-refractivity contribution in [3.8, 4) is 0 Å². The van der Waals surface area contributed by atoms with Crippen LogP contribution in [0.5, 0.6) is 0 Å². The van der Waals surface area contributed by atoms with E-state index in [0.29, 0.717) is 0 Å². The van der Waals surface area contributed by atoms with Crippen molar-refractivity contribution in [1.29, 1.82) is 0 Å². The fourth-order valence-electron chi connectivity index (χ4n) is 1.21. The Kier molecular flexibility index (Phi) is 2.97. The molecule has 1 aromatic rings. The van der Waals surface area contributed by atoms with E-state index >= 15 is 0 Å². The molecule has 0 radical (unpaired) electrons. The highest BCUT2D eigenvalue weighted by Gasteiger charge is 2.17. The largest absolute Gasteiger partial charge is 0.228 e. The van der Waals surface area contributed by atoms with Crippen molar-refractivity contribution in [2.45, 2.75) is 26.0 Å². The number of hydrogen-bond acceptors (Lipinski definition) is 2. The molecule has 4 heteroatoms. The van der Waals surface area contributed by atoms with Gasteiger partial charge in [0.25, 0.3) is 0 Å². The summed E-state index contributed by atoms with van der Waals surface area (Å²) in [6.07, 6.45) is 0. The molecule has 0 aliphatic carbocycles. The number of primary sulfonamides is 1. The molecule has 2 N–H and O–H groups in total. The summed E-state index contributed by atoms with van der Waals surface area (Å²) in [5.41, 5.74) is 2.98. The Morgan fingerprint density at radius 1 is 1.21 bits per heavy atom. The fraction of sp³-hybridized carbons (Fsp3) is 0.400. The van der Waals surface area contributed by atoms with Crippen LogP contribution in [0.4, 0.5) is 0 Å². The minimum atomic E-state index is -3.49. The highest BCUT2D eigenvalue weighted by molar-refractivity contribution is 7.89. The van der Waals surface area contributed by atoms with E-state index in [9.17, 15) is 8.42 Å². The van der Waals surface area contributed by atoms with Crippen LogP contribution in [0.25, 0.3) is 0 Å². The van der Waals surface area contributed by atoms with E-state index in [4.69, 9.17) is 5.14 Å². The number of rotatable bonds is 2. The SMILES string of the molecule is Cc1ccc(C(C)S(N)(=O)=O)cc1C. The van der Waals surface area contributed by atoms with Gasteiger partial charge in [-0.2, -0.15) is 0 Å². The van der Waals surface area contributed by atoms with Crippen LogP contribution in [0.15, 0.2) is 18.2 Å². The van der Waals surface area contributed by atoms with Crippen molar-refractivity contribution >= 4 is 10.0 Å². The average molecular weight is 213 g/mol. The normalized spacial score (nSPS) is 14.0. The second-order valence-electron chi connectivity index (χ2n) is 3.57. The van der Waals surface area contributed by atoms with E-state index in [1.54, 1.807) is 13.0 Å². The lowest BCUT2D eigenvalue weighted by atomic mass is 10.0. The van der Waals surface area contributed by atoms with Gasteiger partial charge in [-0.3, -0.25) is 0 Å². The highest BCUT2D eigenvalue weighted by Crippen LogP contribution is 2.21. The third kappa shape index (κ3) is 2.33. The van der Waals surface area contributed by atoms with E-state index < -0.39 is 15.3 Å². The second kappa shape index (κ2) is 3.71. The van der Waals surface area contributed by atoms with Crippen LogP contribution < -0.4 is 5.14 Å². The molecule has 0 saturated carbocycles. The molecular formula is C10H15NO2S. The van der Waals surface area contributed by atoms with Gasteiger partial charge in [-0.15, -0.1) is 0 Å². The average Bonchev–Trinajstić information content (AvgIpc) is 2.07. The molecule has 1 unspecified atom stereocenters. The van der Waals surface area contributed by atoms with Gasteiger partial charge < -0.3 is 0 Å². The maximum atomic E-state index is 11.1. The van der Waals surface area contributed by atoms with Crippen molar-refractivity contribution in [2.24, 2.45) is 5.14 Å². The summed E-state index contributed by atoms with van der Waals surface area (Å²) >= 11 is 0. The zero-order chi connectivity index (χ0) is 10.9. The second-order valence-corrected chi connectivity index (χ2v) is 5.46. The predicted octanol–water partition coefficient (Wildman–Crippen LogP) is 1.65. The molecule has 78 valence electrons. The first-order valence-electron chi connectivity index (χ1n) is 4.41. The van der Waals surface area contributed by atoms with Crippen LogP contribution in [-0.2, 0) is 10.0 Å². The zero-order valence-corrected chi connectivity index (χ0v) is 9.43. The first kappa shape index (κ1) is 11.2. The third-order valence-corrected chi connectivity index (χ3v) is 3.75. The summed E-state index contributed by atoms with van der Waals surface area (Å²) in [6, 6.07) is 5.58. The van der Waals surface area contributed by atoms with Gasteiger partial charge in [0.05, 0.1) is 5.25 Å². The lowest BCUT2D eigenvalue weighted by molar-refractivity contribution is 0.588. The molecule has 0 aromatic heterocycles. The van der Waals surface area contributed by atoms with Gasteiger partial charge in [-0.25, -0.2) is 13.6 Å². The molecule has 14 heavy (non-hydrogen) atoms. The van der Waals surface area contributed by atoms with Crippen molar-refractivity contribution in [3.63, 3.8) is 0 Å². The lowest BCUT2D eigenvalue weighted by Gasteiger charge is -2.11. The third-order valence-electron chi connectivity index (χ3n) is 2.49. The maximum absolute atomic E-state index is 11.1. The Hall–Kier alpha value is -0.870. The molecule has 0 bridgehead atoms. The first-order valence-corrected chi connectivity index (χ1v) is 6.02. The van der Waals surface area contributed by atoms with Gasteiger partial charge in [0.1, 0.15) is 0 Å².